The molecular weight excluding hydrogens is 146 g/mol. The molecule has 1 aromatic carbocycles. The topological polar surface area (TPSA) is 12.0 Å². The first-order chi connectivity index (χ1) is 5.88. The number of nitrogens with one attached hydrogen (secondary N) is 1. The van der Waals surface area contributed by atoms with Crippen LogP contribution in [0.4, 0.5) is 0 Å². The van der Waals surface area contributed by atoms with E-state index in [1.807, 2.05) is 25.2 Å². The second-order valence-electron chi connectivity index (χ2n) is 2.66. The molecule has 1 N–H and O–H groups in total. The molecule has 0 fully saturated rings. The van der Waals surface area contributed by atoms with Crippen molar-refractivity contribution < 1.29 is 0 Å². The molecule has 0 heterocycles. The number of terminal acetylenes is 1. The second-order valence-corrected chi connectivity index (χ2v) is 2.66. The van der Waals surface area contributed by atoms with Crippen molar-refractivity contribution in [2.75, 3.05) is 13.6 Å². The maximum Gasteiger partial charge on any atom is 0.0275 e. The van der Waals surface area contributed by atoms with Crippen LogP contribution in [0.2, 0.25) is 0 Å². The zero-order valence-electron chi connectivity index (χ0n) is 7.30. The van der Waals surface area contributed by atoms with Crippen LogP contribution < -0.4 is 5.32 Å². The Morgan fingerprint density at radius 1 is 1.42 bits per heavy atom. The lowest BCUT2D eigenvalue weighted by atomic mass is 10.1. The minimum atomic E-state index is 0.971. The van der Waals surface area contributed by atoms with E-state index in [0.717, 1.165) is 18.5 Å². The molecule has 0 spiro atoms. The van der Waals surface area contributed by atoms with Gasteiger partial charge in [0.05, 0.1) is 0 Å². The minimum Gasteiger partial charge on any atom is -0.319 e. The average Bonchev–Trinajstić information content (AvgIpc) is 2.15. The van der Waals surface area contributed by atoms with E-state index in [9.17, 15) is 0 Å². The van der Waals surface area contributed by atoms with Gasteiger partial charge in [-0.05, 0) is 31.6 Å². The number of hydrogen-bond donors (Lipinski definition) is 1. The molecule has 0 unspecified atom stereocenters. The Balaban J connectivity index is 2.77. The highest BCUT2D eigenvalue weighted by Crippen LogP contribution is 2.06. The summed E-state index contributed by atoms with van der Waals surface area (Å²) in [5, 5.41) is 3.10. The summed E-state index contributed by atoms with van der Waals surface area (Å²) in [6.45, 7) is 0.971. The molecule has 1 nitrogen and oxygen atoms in total. The minimum absolute atomic E-state index is 0.971. The quantitative estimate of drug-likeness (QED) is 0.658. The van der Waals surface area contributed by atoms with Gasteiger partial charge in [-0.2, -0.15) is 0 Å². The van der Waals surface area contributed by atoms with Crippen LogP contribution in [-0.2, 0) is 6.42 Å². The number of rotatable bonds is 3. The largest absolute Gasteiger partial charge is 0.319 e. The lowest BCUT2D eigenvalue weighted by Crippen LogP contribution is -2.10. The third-order valence-electron chi connectivity index (χ3n) is 1.82. The molecule has 0 atom stereocenters. The van der Waals surface area contributed by atoms with Gasteiger partial charge in [-0.1, -0.05) is 24.1 Å². The number of benzene rings is 1. The van der Waals surface area contributed by atoms with Gasteiger partial charge < -0.3 is 5.32 Å². The van der Waals surface area contributed by atoms with Crippen LogP contribution in [0.3, 0.4) is 0 Å². The van der Waals surface area contributed by atoms with Crippen molar-refractivity contribution in [1.82, 2.24) is 5.32 Å². The van der Waals surface area contributed by atoms with Crippen molar-refractivity contribution in [2.24, 2.45) is 0 Å². The van der Waals surface area contributed by atoms with Crippen LogP contribution in [0.25, 0.3) is 0 Å². The molecule has 0 aliphatic rings. The van der Waals surface area contributed by atoms with E-state index in [2.05, 4.69) is 17.3 Å². The van der Waals surface area contributed by atoms with Crippen molar-refractivity contribution in [3.05, 3.63) is 35.4 Å². The molecular formula is C11H13N. The SMILES string of the molecule is C#Cc1ccccc1CCNC. The predicted molar refractivity (Wildman–Crippen MR) is 52.0 cm³/mol. The van der Waals surface area contributed by atoms with Crippen molar-refractivity contribution in [2.45, 2.75) is 6.42 Å². The van der Waals surface area contributed by atoms with E-state index in [0.29, 0.717) is 0 Å². The summed E-state index contributed by atoms with van der Waals surface area (Å²) in [6, 6.07) is 8.04. The molecule has 0 aliphatic heterocycles. The van der Waals surface area contributed by atoms with Crippen molar-refractivity contribution >= 4 is 0 Å². The summed E-state index contributed by atoms with van der Waals surface area (Å²) >= 11 is 0. The smallest absolute Gasteiger partial charge is 0.0275 e. The summed E-state index contributed by atoms with van der Waals surface area (Å²) in [4.78, 5) is 0. The van der Waals surface area contributed by atoms with Crippen molar-refractivity contribution in [3.8, 4) is 12.3 Å². The summed E-state index contributed by atoms with van der Waals surface area (Å²) in [5.74, 6) is 2.68. The number of hydrogen-bond acceptors (Lipinski definition) is 1. The first-order valence-corrected chi connectivity index (χ1v) is 4.07. The molecule has 0 radical (unpaired) electrons. The molecule has 1 aromatic rings. The van der Waals surface area contributed by atoms with E-state index in [-0.39, 0.29) is 0 Å². The Kier molecular flexibility index (Phi) is 3.37. The van der Waals surface area contributed by atoms with E-state index in [4.69, 9.17) is 6.42 Å². The van der Waals surface area contributed by atoms with Gasteiger partial charge in [-0.25, -0.2) is 0 Å². The average molecular weight is 159 g/mol. The van der Waals surface area contributed by atoms with Crippen molar-refractivity contribution in [3.63, 3.8) is 0 Å². The molecule has 1 rings (SSSR count). The van der Waals surface area contributed by atoms with Crippen LogP contribution in [-0.4, -0.2) is 13.6 Å². The third-order valence-corrected chi connectivity index (χ3v) is 1.82. The third kappa shape index (κ3) is 2.11. The Hall–Kier alpha value is -1.26. The monoisotopic (exact) mass is 159 g/mol. The Labute approximate surface area is 73.8 Å². The fourth-order valence-corrected chi connectivity index (χ4v) is 1.14. The van der Waals surface area contributed by atoms with Gasteiger partial charge in [0.25, 0.3) is 0 Å². The zero-order chi connectivity index (χ0) is 8.81. The summed E-state index contributed by atoms with van der Waals surface area (Å²) in [5.41, 5.74) is 2.25. The van der Waals surface area contributed by atoms with Crippen molar-refractivity contribution in [1.29, 1.82) is 0 Å². The first kappa shape index (κ1) is 8.83. The first-order valence-electron chi connectivity index (χ1n) is 4.07. The van der Waals surface area contributed by atoms with Gasteiger partial charge in [-0.15, -0.1) is 6.42 Å². The Morgan fingerprint density at radius 2 is 2.17 bits per heavy atom. The van der Waals surface area contributed by atoms with Gasteiger partial charge in [-0.3, -0.25) is 0 Å². The molecule has 1 heteroatoms. The van der Waals surface area contributed by atoms with Crippen LogP contribution in [0.15, 0.2) is 24.3 Å². The zero-order valence-corrected chi connectivity index (χ0v) is 7.30. The van der Waals surface area contributed by atoms with Gasteiger partial charge >= 0.3 is 0 Å². The van der Waals surface area contributed by atoms with Gasteiger partial charge in [0.2, 0.25) is 0 Å². The molecule has 0 amide bonds. The standard InChI is InChI=1S/C11H13N/c1-3-10-6-4-5-7-11(10)8-9-12-2/h1,4-7,12H,8-9H2,2H3. The van der Waals surface area contributed by atoms with E-state index in [1.165, 1.54) is 5.56 Å². The fraction of sp³-hybridized carbons (Fsp3) is 0.273. The molecule has 0 saturated heterocycles. The Bertz CT molecular complexity index is 283. The molecule has 0 aromatic heterocycles. The van der Waals surface area contributed by atoms with E-state index < -0.39 is 0 Å². The van der Waals surface area contributed by atoms with Crippen LogP contribution >= 0.6 is 0 Å². The molecule has 0 aliphatic carbocycles. The summed E-state index contributed by atoms with van der Waals surface area (Å²) in [6.07, 6.45) is 6.35. The molecule has 0 bridgehead atoms. The van der Waals surface area contributed by atoms with E-state index >= 15 is 0 Å². The van der Waals surface area contributed by atoms with Gasteiger partial charge in [0.15, 0.2) is 0 Å². The normalized spacial score (nSPS) is 9.33. The molecule has 62 valence electrons. The van der Waals surface area contributed by atoms with Gasteiger partial charge in [0, 0.05) is 5.56 Å². The molecule has 0 saturated carbocycles. The summed E-state index contributed by atoms with van der Waals surface area (Å²) in [7, 11) is 1.94. The highest BCUT2D eigenvalue weighted by atomic mass is 14.8. The number of likely N-dealkylation sites (N-methyl/N-ethyl adjacent to an activating group) is 1. The van der Waals surface area contributed by atoms with Crippen LogP contribution in [0.1, 0.15) is 11.1 Å². The summed E-state index contributed by atoms with van der Waals surface area (Å²) < 4.78 is 0. The van der Waals surface area contributed by atoms with Crippen LogP contribution in [0.5, 0.6) is 0 Å². The maximum atomic E-state index is 5.35. The highest BCUT2D eigenvalue weighted by Gasteiger charge is 1.96. The Morgan fingerprint density at radius 3 is 2.83 bits per heavy atom. The predicted octanol–water partition coefficient (Wildman–Crippen LogP) is 1.43. The lowest BCUT2D eigenvalue weighted by Gasteiger charge is -2.02. The van der Waals surface area contributed by atoms with Gasteiger partial charge in [0.1, 0.15) is 0 Å². The van der Waals surface area contributed by atoms with E-state index in [1.54, 1.807) is 0 Å². The maximum absolute atomic E-state index is 5.35. The van der Waals surface area contributed by atoms with Crippen LogP contribution in [0, 0.1) is 12.3 Å². The fourth-order valence-electron chi connectivity index (χ4n) is 1.14. The second kappa shape index (κ2) is 4.58. The highest BCUT2D eigenvalue weighted by molar-refractivity contribution is 5.39. The lowest BCUT2D eigenvalue weighted by molar-refractivity contribution is 0.791. The molecule has 12 heavy (non-hydrogen) atoms.